The second-order valence-corrected chi connectivity index (χ2v) is 3.07. The van der Waals surface area contributed by atoms with E-state index in [1.54, 1.807) is 0 Å². The molecule has 0 atom stereocenters. The first kappa shape index (κ1) is 10.3. The highest BCUT2D eigenvalue weighted by Crippen LogP contribution is 2.16. The molecule has 0 aliphatic carbocycles. The Balaban J connectivity index is 3.05. The lowest BCUT2D eigenvalue weighted by Gasteiger charge is -2.07. The van der Waals surface area contributed by atoms with Crippen LogP contribution in [0.4, 0.5) is 0 Å². The molecule has 2 heteroatoms. The van der Waals surface area contributed by atoms with E-state index in [4.69, 9.17) is 10.5 Å². The van der Waals surface area contributed by atoms with Gasteiger partial charge in [-0.2, -0.15) is 10.5 Å². The Morgan fingerprint density at radius 3 is 2.64 bits per heavy atom. The average molecular weight is 184 g/mol. The summed E-state index contributed by atoms with van der Waals surface area (Å²) < 4.78 is 0. The summed E-state index contributed by atoms with van der Waals surface area (Å²) in [5.41, 5.74) is 2.96. The van der Waals surface area contributed by atoms with E-state index in [0.717, 1.165) is 29.5 Å². The minimum atomic E-state index is 0.516. The normalized spacial score (nSPS) is 9.07. The van der Waals surface area contributed by atoms with Crippen molar-refractivity contribution in [1.82, 2.24) is 0 Å². The second kappa shape index (κ2) is 5.04. The number of rotatable bonds is 3. The van der Waals surface area contributed by atoms with Gasteiger partial charge in [0.05, 0.1) is 17.7 Å². The molecule has 0 unspecified atom stereocenters. The van der Waals surface area contributed by atoms with Gasteiger partial charge in [0, 0.05) is 6.42 Å². The molecule has 0 fully saturated rings. The zero-order valence-corrected chi connectivity index (χ0v) is 8.25. The van der Waals surface area contributed by atoms with Crippen LogP contribution in [0.3, 0.4) is 0 Å². The van der Waals surface area contributed by atoms with Crippen LogP contribution < -0.4 is 0 Å². The molecule has 0 radical (unpaired) electrons. The van der Waals surface area contributed by atoms with Crippen LogP contribution in [0.15, 0.2) is 18.2 Å². The zero-order chi connectivity index (χ0) is 10.4. The van der Waals surface area contributed by atoms with Crippen molar-refractivity contribution in [2.24, 2.45) is 0 Å². The molecule has 0 aromatic heterocycles. The zero-order valence-electron chi connectivity index (χ0n) is 8.25. The number of benzene rings is 1. The summed E-state index contributed by atoms with van der Waals surface area (Å²) in [6.07, 6.45) is 2.11. The van der Waals surface area contributed by atoms with Gasteiger partial charge in [-0.05, 0) is 30.0 Å². The smallest absolute Gasteiger partial charge is 0.0994 e. The lowest BCUT2D eigenvalue weighted by molar-refractivity contribution is 0.964. The summed E-state index contributed by atoms with van der Waals surface area (Å²) in [4.78, 5) is 0. The van der Waals surface area contributed by atoms with Gasteiger partial charge < -0.3 is 0 Å². The van der Waals surface area contributed by atoms with Crippen molar-refractivity contribution in [3.63, 3.8) is 0 Å². The largest absolute Gasteiger partial charge is 0.198 e. The maximum Gasteiger partial charge on any atom is 0.0994 e. The van der Waals surface area contributed by atoms with E-state index in [9.17, 15) is 0 Å². The SMILES string of the molecule is CCc1c(C#N)cccc1CCC#N. The Hall–Kier alpha value is -1.80. The lowest BCUT2D eigenvalue weighted by atomic mass is 9.96. The van der Waals surface area contributed by atoms with E-state index in [0.29, 0.717) is 6.42 Å². The fraction of sp³-hybridized carbons (Fsp3) is 0.333. The van der Waals surface area contributed by atoms with Gasteiger partial charge >= 0.3 is 0 Å². The Labute approximate surface area is 84.4 Å². The minimum Gasteiger partial charge on any atom is -0.198 e. The topological polar surface area (TPSA) is 47.6 Å². The van der Waals surface area contributed by atoms with E-state index in [1.165, 1.54) is 0 Å². The molecular weight excluding hydrogens is 172 g/mol. The van der Waals surface area contributed by atoms with Crippen molar-refractivity contribution in [2.75, 3.05) is 0 Å². The average Bonchev–Trinajstić information content (AvgIpc) is 2.25. The first-order valence-electron chi connectivity index (χ1n) is 4.71. The van der Waals surface area contributed by atoms with E-state index in [-0.39, 0.29) is 0 Å². The van der Waals surface area contributed by atoms with Gasteiger partial charge in [0.15, 0.2) is 0 Å². The van der Waals surface area contributed by atoms with Crippen LogP contribution >= 0.6 is 0 Å². The molecule has 0 bridgehead atoms. The van der Waals surface area contributed by atoms with Crippen LogP contribution in [-0.2, 0) is 12.8 Å². The summed E-state index contributed by atoms with van der Waals surface area (Å²) in [6.45, 7) is 2.03. The molecule has 0 amide bonds. The monoisotopic (exact) mass is 184 g/mol. The van der Waals surface area contributed by atoms with Crippen molar-refractivity contribution >= 4 is 0 Å². The first-order valence-corrected chi connectivity index (χ1v) is 4.71. The van der Waals surface area contributed by atoms with Gasteiger partial charge in [-0.3, -0.25) is 0 Å². The predicted octanol–water partition coefficient (Wildman–Crippen LogP) is 2.58. The molecule has 14 heavy (non-hydrogen) atoms. The molecule has 0 saturated heterocycles. The third kappa shape index (κ3) is 2.12. The highest BCUT2D eigenvalue weighted by molar-refractivity contribution is 5.43. The molecule has 1 aromatic carbocycles. The highest BCUT2D eigenvalue weighted by atomic mass is 14.3. The van der Waals surface area contributed by atoms with E-state index < -0.39 is 0 Å². The van der Waals surface area contributed by atoms with Crippen LogP contribution in [0, 0.1) is 22.7 Å². The maximum absolute atomic E-state index is 8.88. The summed E-state index contributed by atoms with van der Waals surface area (Å²) in [5, 5.41) is 17.4. The van der Waals surface area contributed by atoms with E-state index in [1.807, 2.05) is 25.1 Å². The number of hydrogen-bond acceptors (Lipinski definition) is 2. The molecule has 0 aliphatic rings. The van der Waals surface area contributed by atoms with Crippen LogP contribution in [0.25, 0.3) is 0 Å². The Bertz CT molecular complexity index is 394. The lowest BCUT2D eigenvalue weighted by Crippen LogP contribution is -1.96. The predicted molar refractivity (Wildman–Crippen MR) is 54.5 cm³/mol. The Kier molecular flexibility index (Phi) is 3.70. The molecule has 70 valence electrons. The standard InChI is InChI=1S/C12H12N2/c1-2-12-10(7-4-8-13)5-3-6-11(12)9-14/h3,5-6H,2,4,7H2,1H3. The van der Waals surface area contributed by atoms with Gasteiger partial charge in [-0.1, -0.05) is 19.1 Å². The molecule has 0 N–H and O–H groups in total. The Morgan fingerprint density at radius 1 is 1.29 bits per heavy atom. The van der Waals surface area contributed by atoms with Crippen molar-refractivity contribution in [3.05, 3.63) is 34.9 Å². The highest BCUT2D eigenvalue weighted by Gasteiger charge is 2.05. The van der Waals surface area contributed by atoms with Gasteiger partial charge in [0.2, 0.25) is 0 Å². The summed E-state index contributed by atoms with van der Waals surface area (Å²) in [6, 6.07) is 10.0. The number of nitriles is 2. The summed E-state index contributed by atoms with van der Waals surface area (Å²) in [7, 11) is 0. The quantitative estimate of drug-likeness (QED) is 0.724. The fourth-order valence-corrected chi connectivity index (χ4v) is 1.58. The van der Waals surface area contributed by atoms with Crippen LogP contribution in [0.2, 0.25) is 0 Å². The van der Waals surface area contributed by atoms with Crippen molar-refractivity contribution in [1.29, 1.82) is 10.5 Å². The van der Waals surface area contributed by atoms with E-state index in [2.05, 4.69) is 12.1 Å². The van der Waals surface area contributed by atoms with Gasteiger partial charge in [0.1, 0.15) is 0 Å². The van der Waals surface area contributed by atoms with Crippen molar-refractivity contribution in [3.8, 4) is 12.1 Å². The molecule has 1 aromatic rings. The third-order valence-corrected chi connectivity index (χ3v) is 2.25. The first-order chi connectivity index (χ1) is 6.83. The summed E-state index contributed by atoms with van der Waals surface area (Å²) in [5.74, 6) is 0. The molecule has 1 rings (SSSR count). The second-order valence-electron chi connectivity index (χ2n) is 3.07. The maximum atomic E-state index is 8.88. The molecule has 0 saturated carbocycles. The minimum absolute atomic E-state index is 0.516. The van der Waals surface area contributed by atoms with Gasteiger partial charge in [-0.15, -0.1) is 0 Å². The summed E-state index contributed by atoms with van der Waals surface area (Å²) >= 11 is 0. The van der Waals surface area contributed by atoms with Crippen LogP contribution in [0.1, 0.15) is 30.0 Å². The van der Waals surface area contributed by atoms with Gasteiger partial charge in [-0.25, -0.2) is 0 Å². The number of nitrogens with zero attached hydrogens (tertiary/aromatic N) is 2. The molecule has 0 heterocycles. The van der Waals surface area contributed by atoms with Crippen molar-refractivity contribution in [2.45, 2.75) is 26.2 Å². The molecule has 2 nitrogen and oxygen atoms in total. The molecule has 0 spiro atoms. The number of aryl methyl sites for hydroxylation is 1. The molecular formula is C12H12N2. The van der Waals surface area contributed by atoms with Crippen molar-refractivity contribution < 1.29 is 0 Å². The van der Waals surface area contributed by atoms with E-state index >= 15 is 0 Å². The third-order valence-electron chi connectivity index (χ3n) is 2.25. The van der Waals surface area contributed by atoms with Crippen LogP contribution in [0.5, 0.6) is 0 Å². The molecule has 0 aliphatic heterocycles. The Morgan fingerprint density at radius 2 is 2.07 bits per heavy atom. The fourth-order valence-electron chi connectivity index (χ4n) is 1.58. The van der Waals surface area contributed by atoms with Crippen LogP contribution in [-0.4, -0.2) is 0 Å². The van der Waals surface area contributed by atoms with Gasteiger partial charge in [0.25, 0.3) is 0 Å². The number of hydrogen-bond donors (Lipinski definition) is 0.